The molecule has 1 fully saturated rings. The second-order valence-corrected chi connectivity index (χ2v) is 5.80. The first-order valence-electron chi connectivity index (χ1n) is 6.63. The van der Waals surface area contributed by atoms with E-state index in [9.17, 15) is 0 Å². The third-order valence-corrected chi connectivity index (χ3v) is 4.32. The van der Waals surface area contributed by atoms with E-state index >= 15 is 0 Å². The molecule has 1 aromatic heterocycles. The van der Waals surface area contributed by atoms with Gasteiger partial charge in [0.15, 0.2) is 0 Å². The zero-order valence-electron chi connectivity index (χ0n) is 10.2. The Morgan fingerprint density at radius 2 is 2.38 bits per heavy atom. The van der Waals surface area contributed by atoms with Crippen LogP contribution in [-0.2, 0) is 6.42 Å². The molecule has 16 heavy (non-hydrogen) atoms. The van der Waals surface area contributed by atoms with Gasteiger partial charge in [-0.3, -0.25) is 0 Å². The Morgan fingerprint density at radius 3 is 2.94 bits per heavy atom. The molecule has 1 aromatic rings. The van der Waals surface area contributed by atoms with Gasteiger partial charge in [-0.05, 0) is 54.1 Å². The Bertz CT molecular complexity index is 277. The van der Waals surface area contributed by atoms with Gasteiger partial charge in [-0.25, -0.2) is 0 Å². The van der Waals surface area contributed by atoms with Crippen molar-refractivity contribution in [3.05, 3.63) is 22.4 Å². The zero-order valence-corrected chi connectivity index (χ0v) is 11.1. The van der Waals surface area contributed by atoms with Crippen molar-refractivity contribution in [2.75, 3.05) is 6.54 Å². The molecule has 0 radical (unpaired) electrons. The average molecular weight is 237 g/mol. The van der Waals surface area contributed by atoms with E-state index in [1.165, 1.54) is 50.6 Å². The van der Waals surface area contributed by atoms with Gasteiger partial charge in [0.2, 0.25) is 0 Å². The molecule has 0 saturated heterocycles. The van der Waals surface area contributed by atoms with Crippen LogP contribution in [0.15, 0.2) is 16.8 Å². The van der Waals surface area contributed by atoms with Crippen molar-refractivity contribution in [1.82, 2.24) is 5.32 Å². The van der Waals surface area contributed by atoms with Crippen LogP contribution >= 0.6 is 11.3 Å². The third kappa shape index (κ3) is 3.60. The third-order valence-electron chi connectivity index (χ3n) is 3.59. The van der Waals surface area contributed by atoms with Crippen LogP contribution in [0, 0.1) is 5.92 Å². The first-order valence-corrected chi connectivity index (χ1v) is 7.57. The molecular formula is C14H23NS. The molecule has 1 atom stereocenters. The molecule has 1 aliphatic carbocycles. The van der Waals surface area contributed by atoms with E-state index in [1.807, 2.05) is 11.3 Å². The molecule has 1 heterocycles. The molecule has 0 bridgehead atoms. The Morgan fingerprint density at radius 1 is 1.50 bits per heavy atom. The second kappa shape index (κ2) is 6.41. The van der Waals surface area contributed by atoms with Crippen LogP contribution in [0.4, 0.5) is 0 Å². The lowest BCUT2D eigenvalue weighted by atomic mass is 9.80. The van der Waals surface area contributed by atoms with Gasteiger partial charge in [-0.2, -0.15) is 11.3 Å². The molecule has 1 saturated carbocycles. The summed E-state index contributed by atoms with van der Waals surface area (Å²) in [7, 11) is 0. The summed E-state index contributed by atoms with van der Waals surface area (Å²) in [5, 5.41) is 8.19. The number of thiophene rings is 1. The van der Waals surface area contributed by atoms with Crippen LogP contribution in [0.1, 0.15) is 44.6 Å². The molecule has 1 nitrogen and oxygen atoms in total. The van der Waals surface area contributed by atoms with Crippen molar-refractivity contribution in [2.24, 2.45) is 5.92 Å². The molecule has 0 amide bonds. The van der Waals surface area contributed by atoms with Crippen LogP contribution in [0.5, 0.6) is 0 Å². The van der Waals surface area contributed by atoms with Gasteiger partial charge in [0, 0.05) is 6.04 Å². The van der Waals surface area contributed by atoms with E-state index in [1.54, 1.807) is 0 Å². The molecule has 1 aliphatic rings. The fourth-order valence-electron chi connectivity index (χ4n) is 2.41. The highest BCUT2D eigenvalue weighted by Crippen LogP contribution is 2.31. The minimum absolute atomic E-state index is 0.708. The summed E-state index contributed by atoms with van der Waals surface area (Å²) >= 11 is 1.82. The van der Waals surface area contributed by atoms with Crippen molar-refractivity contribution >= 4 is 11.3 Å². The minimum atomic E-state index is 0.708. The Labute approximate surface area is 103 Å². The van der Waals surface area contributed by atoms with Crippen LogP contribution in [-0.4, -0.2) is 12.6 Å². The summed E-state index contributed by atoms with van der Waals surface area (Å²) in [6.45, 7) is 3.42. The maximum Gasteiger partial charge on any atom is 0.0110 e. The topological polar surface area (TPSA) is 12.0 Å². The zero-order chi connectivity index (χ0) is 11.2. The molecule has 2 rings (SSSR count). The summed E-state index contributed by atoms with van der Waals surface area (Å²) in [5.41, 5.74) is 1.51. The fourth-order valence-corrected chi connectivity index (χ4v) is 3.09. The summed E-state index contributed by atoms with van der Waals surface area (Å²) in [4.78, 5) is 0. The lowest BCUT2D eigenvalue weighted by Crippen LogP contribution is -2.35. The smallest absolute Gasteiger partial charge is 0.0110 e. The monoisotopic (exact) mass is 237 g/mol. The molecule has 0 aliphatic heterocycles. The van der Waals surface area contributed by atoms with E-state index in [4.69, 9.17) is 0 Å². The molecule has 1 unspecified atom stereocenters. The Balaban J connectivity index is 1.80. The van der Waals surface area contributed by atoms with E-state index in [2.05, 4.69) is 29.1 Å². The fraction of sp³-hybridized carbons (Fsp3) is 0.714. The minimum Gasteiger partial charge on any atom is -0.314 e. The maximum absolute atomic E-state index is 3.71. The first kappa shape index (κ1) is 12.1. The first-order chi connectivity index (χ1) is 7.88. The Hall–Kier alpha value is -0.340. The summed E-state index contributed by atoms with van der Waals surface area (Å²) in [6.07, 6.45) is 8.24. The van der Waals surface area contributed by atoms with Gasteiger partial charge in [-0.15, -0.1) is 0 Å². The molecule has 90 valence electrons. The van der Waals surface area contributed by atoms with Crippen LogP contribution in [0.3, 0.4) is 0 Å². The molecule has 0 spiro atoms. The Kier molecular flexibility index (Phi) is 4.86. The van der Waals surface area contributed by atoms with E-state index < -0.39 is 0 Å². The van der Waals surface area contributed by atoms with Crippen molar-refractivity contribution in [3.8, 4) is 0 Å². The van der Waals surface area contributed by atoms with Crippen molar-refractivity contribution in [1.29, 1.82) is 0 Å². The van der Waals surface area contributed by atoms with Crippen molar-refractivity contribution < 1.29 is 0 Å². The van der Waals surface area contributed by atoms with Crippen molar-refractivity contribution in [3.63, 3.8) is 0 Å². The largest absolute Gasteiger partial charge is 0.314 e. The normalized spacial score (nSPS) is 18.3. The molecular weight excluding hydrogens is 214 g/mol. The van der Waals surface area contributed by atoms with Gasteiger partial charge in [-0.1, -0.05) is 26.2 Å². The highest BCUT2D eigenvalue weighted by molar-refractivity contribution is 7.07. The van der Waals surface area contributed by atoms with E-state index in [-0.39, 0.29) is 0 Å². The van der Waals surface area contributed by atoms with Gasteiger partial charge >= 0.3 is 0 Å². The standard InChI is InChI=1S/C14H23NS/c1-2-7-15-14(9-12-4-3-5-12)10-13-6-8-16-11-13/h6,8,11-12,14-15H,2-5,7,9-10H2,1H3. The van der Waals surface area contributed by atoms with Crippen LogP contribution in [0.25, 0.3) is 0 Å². The lowest BCUT2D eigenvalue weighted by Gasteiger charge is -2.30. The highest BCUT2D eigenvalue weighted by atomic mass is 32.1. The van der Waals surface area contributed by atoms with E-state index in [0.29, 0.717) is 6.04 Å². The maximum atomic E-state index is 3.71. The predicted molar refractivity (Wildman–Crippen MR) is 72.1 cm³/mol. The molecule has 1 N–H and O–H groups in total. The van der Waals surface area contributed by atoms with Gasteiger partial charge in [0.25, 0.3) is 0 Å². The lowest BCUT2D eigenvalue weighted by molar-refractivity contribution is 0.259. The van der Waals surface area contributed by atoms with Gasteiger partial charge in [0.05, 0.1) is 0 Å². The van der Waals surface area contributed by atoms with Gasteiger partial charge in [0.1, 0.15) is 0 Å². The highest BCUT2D eigenvalue weighted by Gasteiger charge is 2.21. The number of nitrogens with one attached hydrogen (secondary N) is 1. The number of rotatable bonds is 7. The van der Waals surface area contributed by atoms with Crippen LogP contribution < -0.4 is 5.32 Å². The van der Waals surface area contributed by atoms with Gasteiger partial charge < -0.3 is 5.32 Å². The van der Waals surface area contributed by atoms with Crippen molar-refractivity contribution in [2.45, 2.75) is 51.5 Å². The average Bonchev–Trinajstić information content (AvgIpc) is 2.72. The van der Waals surface area contributed by atoms with Crippen LogP contribution in [0.2, 0.25) is 0 Å². The number of hydrogen-bond donors (Lipinski definition) is 1. The molecule has 0 aromatic carbocycles. The molecule has 2 heteroatoms. The second-order valence-electron chi connectivity index (χ2n) is 5.02. The quantitative estimate of drug-likeness (QED) is 0.759. The summed E-state index contributed by atoms with van der Waals surface area (Å²) < 4.78 is 0. The SMILES string of the molecule is CCCNC(Cc1ccsc1)CC1CCC1. The summed E-state index contributed by atoms with van der Waals surface area (Å²) in [6, 6.07) is 2.98. The summed E-state index contributed by atoms with van der Waals surface area (Å²) in [5.74, 6) is 1.01. The van der Waals surface area contributed by atoms with E-state index in [0.717, 1.165) is 5.92 Å². The number of hydrogen-bond acceptors (Lipinski definition) is 2. The predicted octanol–water partition coefficient (Wildman–Crippen LogP) is 3.85.